The number of rotatable bonds is 7. The van der Waals surface area contributed by atoms with Crippen LogP contribution in [0.2, 0.25) is 5.02 Å². The monoisotopic (exact) mass is 497 g/mol. The van der Waals surface area contributed by atoms with Gasteiger partial charge in [-0.2, -0.15) is 0 Å². The molecule has 3 aromatic carbocycles. The first-order valence-corrected chi connectivity index (χ1v) is 11.4. The average molecular weight is 499 g/mol. The van der Waals surface area contributed by atoms with E-state index in [2.05, 4.69) is 42.8 Å². The van der Waals surface area contributed by atoms with Gasteiger partial charge in [0.25, 0.3) is 0 Å². The fraction of sp³-hybridized carbons (Fsp3) is 0.0870. The molecule has 0 saturated carbocycles. The van der Waals surface area contributed by atoms with Crippen LogP contribution in [0, 0.1) is 0 Å². The number of hydrogen-bond donors (Lipinski definition) is 0. The summed E-state index contributed by atoms with van der Waals surface area (Å²) in [6.07, 6.45) is 0. The first-order valence-electron chi connectivity index (χ1n) is 9.25. The summed E-state index contributed by atoms with van der Waals surface area (Å²) >= 11 is 10.9. The van der Waals surface area contributed by atoms with E-state index in [9.17, 15) is 4.79 Å². The number of halogens is 2. The van der Waals surface area contributed by atoms with Crippen LogP contribution in [0.25, 0.3) is 11.4 Å². The second-order valence-electron chi connectivity index (χ2n) is 6.58. The van der Waals surface area contributed by atoms with E-state index in [4.69, 9.17) is 11.6 Å². The number of Topliss-reactive ketones (excluding diaryl/α,β-unsaturated/α-hetero) is 1. The Balaban J connectivity index is 1.63. The van der Waals surface area contributed by atoms with Gasteiger partial charge < -0.3 is 0 Å². The summed E-state index contributed by atoms with van der Waals surface area (Å²) < 4.78 is 3.00. The van der Waals surface area contributed by atoms with Gasteiger partial charge in [-0.25, -0.2) is 0 Å². The molecule has 0 fully saturated rings. The largest absolute Gasteiger partial charge is 0.298 e. The maximum atomic E-state index is 12.6. The van der Waals surface area contributed by atoms with Gasteiger partial charge >= 0.3 is 0 Å². The normalized spacial score (nSPS) is 10.9. The second-order valence-corrected chi connectivity index (χ2v) is 8.81. The van der Waals surface area contributed by atoms with Gasteiger partial charge in [0.15, 0.2) is 16.8 Å². The molecule has 4 rings (SSSR count). The van der Waals surface area contributed by atoms with E-state index >= 15 is 0 Å². The van der Waals surface area contributed by atoms with Crippen LogP contribution in [0.4, 0.5) is 0 Å². The number of carbonyl (C=O) groups excluding carboxylic acids is 1. The molecule has 0 aliphatic carbocycles. The zero-order valence-electron chi connectivity index (χ0n) is 15.8. The van der Waals surface area contributed by atoms with Crippen LogP contribution in [0.5, 0.6) is 0 Å². The Labute approximate surface area is 192 Å². The SMILES string of the molecule is O=C(CSc1nnc(-c2ccccc2Br)n1Cc1ccccc1)c1ccc(Cl)cc1. The molecule has 7 heteroatoms. The second kappa shape index (κ2) is 9.60. The van der Waals surface area contributed by atoms with Crippen molar-refractivity contribution in [2.45, 2.75) is 11.7 Å². The van der Waals surface area contributed by atoms with Crippen molar-refractivity contribution in [1.29, 1.82) is 0 Å². The van der Waals surface area contributed by atoms with E-state index in [1.165, 1.54) is 11.8 Å². The standard InChI is InChI=1S/C23H17BrClN3OS/c24-20-9-5-4-8-19(20)22-26-27-23(28(22)14-16-6-2-1-3-7-16)30-15-21(29)17-10-12-18(25)13-11-17/h1-13H,14-15H2. The third-order valence-electron chi connectivity index (χ3n) is 4.51. The Morgan fingerprint density at radius 3 is 2.37 bits per heavy atom. The van der Waals surface area contributed by atoms with Gasteiger partial charge in [-0.3, -0.25) is 9.36 Å². The summed E-state index contributed by atoms with van der Waals surface area (Å²) in [6.45, 7) is 0.613. The predicted octanol–water partition coefficient (Wildman–Crippen LogP) is 6.38. The number of hydrogen-bond acceptors (Lipinski definition) is 4. The Kier molecular flexibility index (Phi) is 6.67. The van der Waals surface area contributed by atoms with E-state index in [1.54, 1.807) is 24.3 Å². The fourth-order valence-electron chi connectivity index (χ4n) is 3.00. The van der Waals surface area contributed by atoms with Crippen LogP contribution in [-0.4, -0.2) is 26.3 Å². The number of thioether (sulfide) groups is 1. The molecule has 0 spiro atoms. The van der Waals surface area contributed by atoms with Gasteiger partial charge in [0.2, 0.25) is 0 Å². The molecule has 0 atom stereocenters. The van der Waals surface area contributed by atoms with Crippen molar-refractivity contribution < 1.29 is 4.79 Å². The maximum Gasteiger partial charge on any atom is 0.192 e. The first kappa shape index (κ1) is 20.8. The molecule has 4 nitrogen and oxygen atoms in total. The Morgan fingerprint density at radius 1 is 0.933 bits per heavy atom. The van der Waals surface area contributed by atoms with Crippen LogP contribution < -0.4 is 0 Å². The minimum absolute atomic E-state index is 0.0216. The van der Waals surface area contributed by atoms with Crippen molar-refractivity contribution >= 4 is 45.1 Å². The summed E-state index contributed by atoms with van der Waals surface area (Å²) in [7, 11) is 0. The van der Waals surface area contributed by atoms with Crippen molar-refractivity contribution in [3.05, 3.63) is 99.5 Å². The molecule has 0 unspecified atom stereocenters. The Hall–Kier alpha value is -2.41. The minimum atomic E-state index is 0.0216. The molecular weight excluding hydrogens is 482 g/mol. The van der Waals surface area contributed by atoms with Crippen LogP contribution >= 0.6 is 39.3 Å². The van der Waals surface area contributed by atoms with Crippen molar-refractivity contribution in [1.82, 2.24) is 14.8 Å². The smallest absolute Gasteiger partial charge is 0.192 e. The lowest BCUT2D eigenvalue weighted by Crippen LogP contribution is -2.07. The van der Waals surface area contributed by atoms with Crippen molar-refractivity contribution in [3.63, 3.8) is 0 Å². The summed E-state index contributed by atoms with van der Waals surface area (Å²) in [5.41, 5.74) is 2.72. The van der Waals surface area contributed by atoms with Crippen LogP contribution in [0.3, 0.4) is 0 Å². The number of benzene rings is 3. The topological polar surface area (TPSA) is 47.8 Å². The Morgan fingerprint density at radius 2 is 1.63 bits per heavy atom. The first-order chi connectivity index (χ1) is 14.6. The van der Waals surface area contributed by atoms with E-state index in [1.807, 2.05) is 42.5 Å². The van der Waals surface area contributed by atoms with Crippen LogP contribution in [0.1, 0.15) is 15.9 Å². The van der Waals surface area contributed by atoms with Crippen LogP contribution in [0.15, 0.2) is 88.5 Å². The average Bonchev–Trinajstić information content (AvgIpc) is 3.15. The van der Waals surface area contributed by atoms with E-state index in [0.29, 0.717) is 22.3 Å². The molecule has 1 aromatic heterocycles. The van der Waals surface area contributed by atoms with Crippen LogP contribution in [-0.2, 0) is 6.54 Å². The van der Waals surface area contributed by atoms with E-state index in [0.717, 1.165) is 21.4 Å². The molecule has 0 bridgehead atoms. The van der Waals surface area contributed by atoms with Gasteiger partial charge in [-0.1, -0.05) is 87.8 Å². The van der Waals surface area contributed by atoms with Gasteiger partial charge in [-0.05, 0) is 35.9 Å². The van der Waals surface area contributed by atoms with Crippen molar-refractivity contribution in [2.75, 3.05) is 5.75 Å². The highest BCUT2D eigenvalue weighted by molar-refractivity contribution is 9.10. The highest BCUT2D eigenvalue weighted by Crippen LogP contribution is 2.30. The molecule has 0 aliphatic rings. The molecule has 0 N–H and O–H groups in total. The van der Waals surface area contributed by atoms with Gasteiger partial charge in [0.1, 0.15) is 0 Å². The zero-order chi connectivity index (χ0) is 20.9. The molecule has 0 aliphatic heterocycles. The highest BCUT2D eigenvalue weighted by Gasteiger charge is 2.18. The number of ketones is 1. The molecule has 0 saturated heterocycles. The quantitative estimate of drug-likeness (QED) is 0.219. The zero-order valence-corrected chi connectivity index (χ0v) is 19.0. The third kappa shape index (κ3) is 4.83. The lowest BCUT2D eigenvalue weighted by Gasteiger charge is -2.11. The summed E-state index contributed by atoms with van der Waals surface area (Å²) in [6, 6.07) is 25.0. The summed E-state index contributed by atoms with van der Waals surface area (Å²) in [5.74, 6) is 1.05. The van der Waals surface area contributed by atoms with E-state index in [-0.39, 0.29) is 11.5 Å². The molecule has 4 aromatic rings. The van der Waals surface area contributed by atoms with Gasteiger partial charge in [0, 0.05) is 20.6 Å². The summed E-state index contributed by atoms with van der Waals surface area (Å²) in [5, 5.41) is 10.1. The number of carbonyl (C=O) groups is 1. The maximum absolute atomic E-state index is 12.6. The molecule has 0 amide bonds. The predicted molar refractivity (Wildman–Crippen MR) is 125 cm³/mol. The number of aromatic nitrogens is 3. The lowest BCUT2D eigenvalue weighted by molar-refractivity contribution is 0.102. The molecular formula is C23H17BrClN3OS. The molecule has 30 heavy (non-hydrogen) atoms. The number of nitrogens with zero attached hydrogens (tertiary/aromatic N) is 3. The minimum Gasteiger partial charge on any atom is -0.298 e. The molecule has 1 heterocycles. The lowest BCUT2D eigenvalue weighted by atomic mass is 10.1. The fourth-order valence-corrected chi connectivity index (χ4v) is 4.42. The molecule has 0 radical (unpaired) electrons. The van der Waals surface area contributed by atoms with Crippen molar-refractivity contribution in [3.8, 4) is 11.4 Å². The molecule has 150 valence electrons. The van der Waals surface area contributed by atoms with E-state index < -0.39 is 0 Å². The third-order valence-corrected chi connectivity index (χ3v) is 6.42. The van der Waals surface area contributed by atoms with Gasteiger partial charge in [0.05, 0.1) is 12.3 Å². The Bertz CT molecular complexity index is 1160. The highest BCUT2D eigenvalue weighted by atomic mass is 79.9. The van der Waals surface area contributed by atoms with Crippen molar-refractivity contribution in [2.24, 2.45) is 0 Å². The summed E-state index contributed by atoms with van der Waals surface area (Å²) in [4.78, 5) is 12.6. The van der Waals surface area contributed by atoms with Gasteiger partial charge in [-0.15, -0.1) is 10.2 Å².